The van der Waals surface area contributed by atoms with Gasteiger partial charge in [0.25, 0.3) is 0 Å². The van der Waals surface area contributed by atoms with Gasteiger partial charge in [-0.05, 0) is 49.4 Å². The first-order valence-corrected chi connectivity index (χ1v) is 11.2. The summed E-state index contributed by atoms with van der Waals surface area (Å²) in [4.78, 5) is 12.8. The Hall–Kier alpha value is -2.50. The van der Waals surface area contributed by atoms with Crippen molar-refractivity contribution in [2.75, 3.05) is 20.3 Å². The number of nitrogens with zero attached hydrogens (tertiary/aromatic N) is 1. The zero-order valence-electron chi connectivity index (χ0n) is 18.0. The molecule has 1 aliphatic rings. The summed E-state index contributed by atoms with van der Waals surface area (Å²) in [6.45, 7) is 3.97. The number of rotatable bonds is 8. The summed E-state index contributed by atoms with van der Waals surface area (Å²) in [6.07, 6.45) is 2.58. The van der Waals surface area contributed by atoms with Gasteiger partial charge in [-0.25, -0.2) is 0 Å². The van der Waals surface area contributed by atoms with Crippen LogP contribution < -0.4 is 4.74 Å². The van der Waals surface area contributed by atoms with E-state index in [9.17, 15) is 4.79 Å². The van der Waals surface area contributed by atoms with Gasteiger partial charge in [-0.3, -0.25) is 4.79 Å². The molecule has 0 spiro atoms. The fourth-order valence-corrected chi connectivity index (χ4v) is 4.83. The Bertz CT molecular complexity index is 1060. The summed E-state index contributed by atoms with van der Waals surface area (Å²) < 4.78 is 19.2. The van der Waals surface area contributed by atoms with Crippen LogP contribution in [0.4, 0.5) is 0 Å². The molecular formula is C25H28ClNO4. The maximum absolute atomic E-state index is 12.8. The van der Waals surface area contributed by atoms with Gasteiger partial charge >= 0.3 is 5.97 Å². The predicted octanol–water partition coefficient (Wildman–Crippen LogP) is 5.50. The Morgan fingerprint density at radius 1 is 1.19 bits per heavy atom. The van der Waals surface area contributed by atoms with Crippen LogP contribution in [0.1, 0.15) is 42.5 Å². The van der Waals surface area contributed by atoms with Crippen LogP contribution in [0, 0.1) is 0 Å². The quantitative estimate of drug-likeness (QED) is 0.342. The van der Waals surface area contributed by atoms with Gasteiger partial charge in [-0.1, -0.05) is 41.9 Å². The molecule has 2 aromatic carbocycles. The predicted molar refractivity (Wildman–Crippen MR) is 122 cm³/mol. The van der Waals surface area contributed by atoms with E-state index in [1.54, 1.807) is 7.11 Å². The summed E-state index contributed by atoms with van der Waals surface area (Å²) in [6, 6.07) is 13.9. The highest BCUT2D eigenvalue weighted by atomic mass is 35.5. The van der Waals surface area contributed by atoms with E-state index in [1.165, 1.54) is 0 Å². The van der Waals surface area contributed by atoms with Gasteiger partial charge in [0, 0.05) is 17.6 Å². The fourth-order valence-electron chi connectivity index (χ4n) is 4.57. The molecule has 3 aromatic rings. The highest BCUT2D eigenvalue weighted by Crippen LogP contribution is 2.45. The topological polar surface area (TPSA) is 49.7 Å². The smallest absolute Gasteiger partial charge is 0.313 e. The van der Waals surface area contributed by atoms with E-state index in [0.717, 1.165) is 52.7 Å². The molecule has 4 rings (SSSR count). The zero-order valence-corrected chi connectivity index (χ0v) is 18.8. The number of methoxy groups -OCH3 is 1. The first-order chi connectivity index (χ1) is 15.2. The average Bonchev–Trinajstić information content (AvgIpc) is 3.13. The van der Waals surface area contributed by atoms with Crippen molar-refractivity contribution in [1.82, 2.24) is 4.57 Å². The van der Waals surface area contributed by atoms with Gasteiger partial charge in [0.05, 0.1) is 43.4 Å². The first-order valence-electron chi connectivity index (χ1n) is 10.8. The van der Waals surface area contributed by atoms with E-state index in [4.69, 9.17) is 25.8 Å². The van der Waals surface area contributed by atoms with E-state index in [0.29, 0.717) is 31.4 Å². The van der Waals surface area contributed by atoms with Crippen LogP contribution in [0.3, 0.4) is 0 Å². The van der Waals surface area contributed by atoms with Crippen molar-refractivity contribution in [3.05, 3.63) is 64.3 Å². The van der Waals surface area contributed by atoms with Crippen molar-refractivity contribution in [3.63, 3.8) is 0 Å². The van der Waals surface area contributed by atoms with Crippen molar-refractivity contribution in [2.24, 2.45) is 0 Å². The number of fused-ring (bicyclic) bond motifs is 3. The molecule has 0 bridgehead atoms. The lowest BCUT2D eigenvalue weighted by Crippen LogP contribution is -2.22. The fraction of sp³-hybridized carbons (Fsp3) is 0.400. The monoisotopic (exact) mass is 441 g/mol. The van der Waals surface area contributed by atoms with Crippen LogP contribution in [0.15, 0.2) is 42.5 Å². The standard InChI is InChI=1S/C25H28ClNO4/c1-3-31-25(28)18-10-7-11-20-22(18)23-21(29-2)13-12-19(26)24(23)27(20)14-15-30-16-17-8-5-4-6-9-17/h4-6,8-9,12-13,18H,3,7,10-11,14-16H2,1-2H3. The minimum Gasteiger partial charge on any atom is -0.496 e. The number of halogens is 1. The van der Waals surface area contributed by atoms with E-state index < -0.39 is 0 Å². The molecule has 0 amide bonds. The minimum atomic E-state index is -0.301. The summed E-state index contributed by atoms with van der Waals surface area (Å²) in [7, 11) is 1.65. The first kappa shape index (κ1) is 21.7. The molecule has 5 nitrogen and oxygen atoms in total. The molecule has 1 aliphatic carbocycles. The highest BCUT2D eigenvalue weighted by molar-refractivity contribution is 6.35. The Labute approximate surface area is 187 Å². The lowest BCUT2D eigenvalue weighted by molar-refractivity contribution is -0.145. The zero-order chi connectivity index (χ0) is 21.8. The molecule has 1 unspecified atom stereocenters. The van der Waals surface area contributed by atoms with Crippen LogP contribution >= 0.6 is 11.6 Å². The Balaban J connectivity index is 1.70. The minimum absolute atomic E-state index is 0.176. The number of carbonyl (C=O) groups excluding carboxylic acids is 1. The van der Waals surface area contributed by atoms with Gasteiger partial charge in [0.1, 0.15) is 5.75 Å². The molecule has 164 valence electrons. The number of aromatic nitrogens is 1. The highest BCUT2D eigenvalue weighted by Gasteiger charge is 2.34. The second kappa shape index (κ2) is 9.75. The van der Waals surface area contributed by atoms with Crippen LogP contribution in [0.2, 0.25) is 5.02 Å². The molecule has 1 atom stereocenters. The number of esters is 1. The molecule has 0 saturated carbocycles. The number of hydrogen-bond donors (Lipinski definition) is 0. The second-order valence-electron chi connectivity index (χ2n) is 7.72. The van der Waals surface area contributed by atoms with E-state index in [-0.39, 0.29) is 11.9 Å². The van der Waals surface area contributed by atoms with Gasteiger partial charge < -0.3 is 18.8 Å². The number of ether oxygens (including phenoxy) is 3. The Morgan fingerprint density at radius 3 is 2.74 bits per heavy atom. The lowest BCUT2D eigenvalue weighted by Gasteiger charge is -2.23. The van der Waals surface area contributed by atoms with Crippen molar-refractivity contribution in [1.29, 1.82) is 0 Å². The second-order valence-corrected chi connectivity index (χ2v) is 8.13. The van der Waals surface area contributed by atoms with Crippen molar-refractivity contribution >= 4 is 28.5 Å². The molecule has 0 aliphatic heterocycles. The van der Waals surface area contributed by atoms with E-state index >= 15 is 0 Å². The van der Waals surface area contributed by atoms with Crippen LogP contribution in [-0.2, 0) is 33.8 Å². The molecule has 6 heteroatoms. The van der Waals surface area contributed by atoms with Crippen molar-refractivity contribution in [3.8, 4) is 5.75 Å². The normalized spacial score (nSPS) is 15.6. The average molecular weight is 442 g/mol. The molecule has 0 fully saturated rings. The lowest BCUT2D eigenvalue weighted by atomic mass is 9.85. The molecule has 1 aromatic heterocycles. The summed E-state index contributed by atoms with van der Waals surface area (Å²) in [5.74, 6) is 0.255. The van der Waals surface area contributed by atoms with Gasteiger partial charge in [-0.15, -0.1) is 0 Å². The number of benzene rings is 2. The summed E-state index contributed by atoms with van der Waals surface area (Å²) in [5.41, 5.74) is 4.19. The van der Waals surface area contributed by atoms with E-state index in [1.807, 2.05) is 37.3 Å². The molecule has 31 heavy (non-hydrogen) atoms. The van der Waals surface area contributed by atoms with Crippen LogP contribution in [0.5, 0.6) is 5.75 Å². The number of hydrogen-bond acceptors (Lipinski definition) is 4. The maximum atomic E-state index is 12.8. The van der Waals surface area contributed by atoms with Crippen molar-refractivity contribution in [2.45, 2.75) is 45.3 Å². The number of carbonyl (C=O) groups is 1. The van der Waals surface area contributed by atoms with E-state index in [2.05, 4.69) is 16.7 Å². The Morgan fingerprint density at radius 2 is 2.00 bits per heavy atom. The SMILES string of the molecule is CCOC(=O)C1CCCc2c1c1c(OC)ccc(Cl)c1n2CCOCc1ccccc1. The third-order valence-corrected chi connectivity index (χ3v) is 6.19. The molecule has 0 saturated heterocycles. The Kier molecular flexibility index (Phi) is 6.83. The molecule has 1 heterocycles. The van der Waals surface area contributed by atoms with Gasteiger partial charge in [0.15, 0.2) is 0 Å². The third-order valence-electron chi connectivity index (χ3n) is 5.88. The van der Waals surface area contributed by atoms with Crippen LogP contribution in [-0.4, -0.2) is 30.9 Å². The largest absolute Gasteiger partial charge is 0.496 e. The molecule has 0 N–H and O–H groups in total. The van der Waals surface area contributed by atoms with Gasteiger partial charge in [-0.2, -0.15) is 0 Å². The molecular weight excluding hydrogens is 414 g/mol. The maximum Gasteiger partial charge on any atom is 0.313 e. The van der Waals surface area contributed by atoms with Crippen molar-refractivity contribution < 1.29 is 19.0 Å². The van der Waals surface area contributed by atoms with Gasteiger partial charge in [0.2, 0.25) is 0 Å². The summed E-state index contributed by atoms with van der Waals surface area (Å²) in [5, 5.41) is 1.57. The third kappa shape index (κ3) is 4.30. The van der Waals surface area contributed by atoms with Crippen LogP contribution in [0.25, 0.3) is 10.9 Å². The molecule has 0 radical (unpaired) electrons. The summed E-state index contributed by atoms with van der Waals surface area (Å²) >= 11 is 6.67.